The first-order chi connectivity index (χ1) is 16.1. The Hall–Kier alpha value is -2.93. The van der Waals surface area contributed by atoms with Gasteiger partial charge in [-0.25, -0.2) is 4.98 Å². The number of carbonyl (C=O) groups is 1. The number of thiazole rings is 1. The van der Waals surface area contributed by atoms with Gasteiger partial charge in [-0.3, -0.25) is 9.69 Å². The predicted molar refractivity (Wildman–Crippen MR) is 133 cm³/mol. The van der Waals surface area contributed by atoms with Crippen molar-refractivity contribution in [1.29, 1.82) is 0 Å². The number of halogens is 1. The van der Waals surface area contributed by atoms with Gasteiger partial charge in [-0.05, 0) is 73.9 Å². The molecule has 1 fully saturated rings. The number of aromatic nitrogens is 1. The molecule has 5 rings (SSSR count). The third kappa shape index (κ3) is 4.74. The van der Waals surface area contributed by atoms with Crippen molar-refractivity contribution in [2.75, 3.05) is 18.1 Å². The van der Waals surface area contributed by atoms with Gasteiger partial charge in [0.25, 0.3) is 5.91 Å². The summed E-state index contributed by atoms with van der Waals surface area (Å²) in [7, 11) is 0. The number of hydrogen-bond donors (Lipinski definition) is 0. The Morgan fingerprint density at radius 3 is 2.61 bits per heavy atom. The van der Waals surface area contributed by atoms with E-state index in [-0.39, 0.29) is 12.0 Å². The number of hydrogen-bond acceptors (Lipinski definition) is 5. The van der Waals surface area contributed by atoms with E-state index in [1.54, 1.807) is 17.0 Å². The van der Waals surface area contributed by atoms with Crippen molar-refractivity contribution < 1.29 is 14.3 Å². The lowest BCUT2D eigenvalue weighted by molar-refractivity contribution is 0.0917. The van der Waals surface area contributed by atoms with Crippen LogP contribution >= 0.6 is 22.9 Å². The molecule has 0 bridgehead atoms. The Bertz CT molecular complexity index is 1270. The van der Waals surface area contributed by atoms with E-state index < -0.39 is 0 Å². The van der Waals surface area contributed by atoms with E-state index in [0.717, 1.165) is 41.0 Å². The minimum Gasteiger partial charge on any atom is -0.457 e. The summed E-state index contributed by atoms with van der Waals surface area (Å²) in [5.41, 5.74) is 2.32. The van der Waals surface area contributed by atoms with Crippen LogP contribution in [0.5, 0.6) is 11.5 Å². The monoisotopic (exact) mass is 478 g/mol. The Morgan fingerprint density at radius 2 is 1.88 bits per heavy atom. The van der Waals surface area contributed by atoms with Crippen LogP contribution in [-0.2, 0) is 4.74 Å². The molecule has 1 aliphatic rings. The Labute approximate surface area is 201 Å². The lowest BCUT2D eigenvalue weighted by Crippen LogP contribution is -2.37. The number of amides is 1. The number of fused-ring (bicyclic) bond motifs is 1. The summed E-state index contributed by atoms with van der Waals surface area (Å²) in [6.07, 6.45) is 1.95. The van der Waals surface area contributed by atoms with E-state index in [1.807, 2.05) is 61.5 Å². The summed E-state index contributed by atoms with van der Waals surface area (Å²) in [4.78, 5) is 20.1. The third-order valence-electron chi connectivity index (χ3n) is 5.70. The van der Waals surface area contributed by atoms with E-state index in [4.69, 9.17) is 26.1 Å². The van der Waals surface area contributed by atoms with Crippen LogP contribution < -0.4 is 9.64 Å². The van der Waals surface area contributed by atoms with Crippen molar-refractivity contribution in [3.63, 3.8) is 0 Å². The number of ether oxygens (including phenoxy) is 2. The van der Waals surface area contributed by atoms with Crippen LogP contribution in [0.4, 0.5) is 5.13 Å². The van der Waals surface area contributed by atoms with Crippen molar-refractivity contribution in [2.45, 2.75) is 25.9 Å². The van der Waals surface area contributed by atoms with Gasteiger partial charge in [0.15, 0.2) is 5.13 Å². The summed E-state index contributed by atoms with van der Waals surface area (Å²) in [5, 5.41) is 1.32. The molecule has 1 amide bonds. The lowest BCUT2D eigenvalue weighted by Gasteiger charge is -2.23. The topological polar surface area (TPSA) is 51.7 Å². The molecule has 0 N–H and O–H groups in total. The van der Waals surface area contributed by atoms with Crippen LogP contribution in [0.3, 0.4) is 0 Å². The highest BCUT2D eigenvalue weighted by Crippen LogP contribution is 2.35. The molecule has 2 heterocycles. The van der Waals surface area contributed by atoms with Gasteiger partial charge >= 0.3 is 0 Å². The highest BCUT2D eigenvalue weighted by atomic mass is 35.5. The highest BCUT2D eigenvalue weighted by molar-refractivity contribution is 7.22. The molecule has 33 heavy (non-hydrogen) atoms. The molecule has 0 saturated carbocycles. The van der Waals surface area contributed by atoms with Gasteiger partial charge in [-0.1, -0.05) is 41.1 Å². The van der Waals surface area contributed by atoms with Crippen molar-refractivity contribution >= 4 is 44.2 Å². The molecule has 1 atom stereocenters. The number of para-hydroxylation sites is 1. The van der Waals surface area contributed by atoms with Gasteiger partial charge in [0.2, 0.25) is 0 Å². The van der Waals surface area contributed by atoms with Crippen LogP contribution in [0.1, 0.15) is 28.8 Å². The fourth-order valence-electron chi connectivity index (χ4n) is 3.89. The van der Waals surface area contributed by atoms with Crippen LogP contribution in [0, 0.1) is 6.92 Å². The first-order valence-electron chi connectivity index (χ1n) is 10.9. The Morgan fingerprint density at radius 1 is 1.12 bits per heavy atom. The maximum Gasteiger partial charge on any atom is 0.260 e. The van der Waals surface area contributed by atoms with E-state index in [9.17, 15) is 4.79 Å². The van der Waals surface area contributed by atoms with E-state index in [1.165, 1.54) is 11.3 Å². The molecule has 0 spiro atoms. The minimum absolute atomic E-state index is 0.00587. The number of benzene rings is 3. The molecule has 3 aromatic carbocycles. The molecular weight excluding hydrogens is 456 g/mol. The normalized spacial score (nSPS) is 15.6. The molecule has 1 saturated heterocycles. The molecule has 1 aliphatic heterocycles. The second kappa shape index (κ2) is 9.51. The fourth-order valence-corrected chi connectivity index (χ4v) is 5.08. The van der Waals surface area contributed by atoms with Gasteiger partial charge in [0.05, 0.1) is 22.9 Å². The maximum absolute atomic E-state index is 13.6. The molecular formula is C26H23ClN2O3S. The first kappa shape index (κ1) is 21.9. The molecule has 1 aromatic heterocycles. The summed E-state index contributed by atoms with van der Waals surface area (Å²) >= 11 is 7.79. The summed E-state index contributed by atoms with van der Waals surface area (Å²) in [6, 6.07) is 20.6. The average Bonchev–Trinajstić information content (AvgIpc) is 3.51. The van der Waals surface area contributed by atoms with Gasteiger partial charge in [-0.2, -0.15) is 0 Å². The summed E-state index contributed by atoms with van der Waals surface area (Å²) in [6.45, 7) is 3.15. The van der Waals surface area contributed by atoms with Crippen molar-refractivity contribution in [2.24, 2.45) is 0 Å². The van der Waals surface area contributed by atoms with Crippen molar-refractivity contribution in [1.82, 2.24) is 4.98 Å². The Balaban J connectivity index is 1.43. The van der Waals surface area contributed by atoms with Gasteiger partial charge in [-0.15, -0.1) is 0 Å². The van der Waals surface area contributed by atoms with Gasteiger partial charge < -0.3 is 9.47 Å². The van der Waals surface area contributed by atoms with Crippen LogP contribution in [0.25, 0.3) is 10.2 Å². The predicted octanol–water partition coefficient (Wildman–Crippen LogP) is 6.88. The third-order valence-corrected chi connectivity index (χ3v) is 7.16. The number of aryl methyl sites for hydroxylation is 1. The van der Waals surface area contributed by atoms with Crippen molar-refractivity contribution in [3.05, 3.63) is 82.9 Å². The zero-order chi connectivity index (χ0) is 22.8. The largest absolute Gasteiger partial charge is 0.457 e. The molecule has 4 aromatic rings. The minimum atomic E-state index is -0.112. The standard InChI is InChI=1S/C26H23ClN2O3S/c1-17-22(27)13-14-23-24(17)28-26(33-23)29(16-21-8-5-15-31-21)25(30)18-9-11-20(12-10-18)32-19-6-3-2-4-7-19/h2-4,6-7,9-14,21H,5,8,15-16H2,1H3. The molecule has 1 unspecified atom stereocenters. The molecule has 7 heteroatoms. The van der Waals surface area contributed by atoms with Crippen molar-refractivity contribution in [3.8, 4) is 11.5 Å². The molecule has 0 radical (unpaired) electrons. The smallest absolute Gasteiger partial charge is 0.260 e. The second-order valence-corrected chi connectivity index (χ2v) is 9.42. The maximum atomic E-state index is 13.6. The van der Waals surface area contributed by atoms with E-state index >= 15 is 0 Å². The number of carbonyl (C=O) groups excluding carboxylic acids is 1. The molecule has 5 nitrogen and oxygen atoms in total. The Kier molecular flexibility index (Phi) is 6.31. The zero-order valence-electron chi connectivity index (χ0n) is 18.2. The van der Waals surface area contributed by atoms with Crippen LogP contribution in [-0.4, -0.2) is 30.1 Å². The quantitative estimate of drug-likeness (QED) is 0.303. The van der Waals surface area contributed by atoms with Gasteiger partial charge in [0, 0.05) is 17.2 Å². The number of anilines is 1. The molecule has 168 valence electrons. The number of rotatable bonds is 6. The van der Waals surface area contributed by atoms with Gasteiger partial charge in [0.1, 0.15) is 11.5 Å². The molecule has 0 aliphatic carbocycles. The second-order valence-electron chi connectivity index (χ2n) is 8.01. The first-order valence-corrected chi connectivity index (χ1v) is 12.1. The lowest BCUT2D eigenvalue weighted by atomic mass is 10.1. The van der Waals surface area contributed by atoms with Crippen LogP contribution in [0.2, 0.25) is 5.02 Å². The van der Waals surface area contributed by atoms with E-state index in [0.29, 0.717) is 28.0 Å². The summed E-state index contributed by atoms with van der Waals surface area (Å²) < 4.78 is 12.7. The summed E-state index contributed by atoms with van der Waals surface area (Å²) in [5.74, 6) is 1.31. The average molecular weight is 479 g/mol. The SMILES string of the molecule is Cc1c(Cl)ccc2sc(N(CC3CCCO3)C(=O)c3ccc(Oc4ccccc4)cc3)nc12. The highest BCUT2D eigenvalue weighted by Gasteiger charge is 2.27. The van der Waals surface area contributed by atoms with E-state index in [2.05, 4.69) is 0 Å². The number of nitrogens with zero attached hydrogens (tertiary/aromatic N) is 2. The zero-order valence-corrected chi connectivity index (χ0v) is 19.7. The van der Waals surface area contributed by atoms with Crippen LogP contribution in [0.15, 0.2) is 66.7 Å². The fraction of sp³-hybridized carbons (Fsp3) is 0.231.